The molecular weight excluding hydrogens is 390 g/mol. The first-order valence-electron chi connectivity index (χ1n) is 4.91. The van der Waals surface area contributed by atoms with Crippen LogP contribution in [-0.4, -0.2) is 36.7 Å². The minimum atomic E-state index is -0.962. The molecule has 1 heterocycles. The topological polar surface area (TPSA) is 75.6 Å². The Balaban J connectivity index is 2.55. The molecule has 5 nitrogen and oxygen atoms in total. The highest BCUT2D eigenvalue weighted by atomic mass is 79.9. The third-order valence-corrected chi connectivity index (χ3v) is 4.47. The number of nitrogens with one attached hydrogen (secondary N) is 1. The summed E-state index contributed by atoms with van der Waals surface area (Å²) >= 11 is 7.96. The van der Waals surface area contributed by atoms with Crippen LogP contribution in [0.15, 0.2) is 13.6 Å². The van der Waals surface area contributed by atoms with Gasteiger partial charge < -0.3 is 15.2 Å². The largest absolute Gasteiger partial charge is 0.481 e. The lowest BCUT2D eigenvalue weighted by atomic mass is 10.2. The molecule has 18 heavy (non-hydrogen) atoms. The first-order chi connectivity index (χ1) is 8.43. The van der Waals surface area contributed by atoms with E-state index in [9.17, 15) is 9.59 Å². The fourth-order valence-electron chi connectivity index (χ4n) is 1.23. The quantitative estimate of drug-likeness (QED) is 0.769. The highest BCUT2D eigenvalue weighted by Crippen LogP contribution is 2.31. The molecule has 0 aliphatic rings. The molecule has 0 saturated heterocycles. The molecule has 1 amide bonds. The molecular formula is C10H11Br2NO4S. The predicted molar refractivity (Wildman–Crippen MR) is 75.1 cm³/mol. The van der Waals surface area contributed by atoms with Gasteiger partial charge in [-0.05, 0) is 37.9 Å². The van der Waals surface area contributed by atoms with Crippen molar-refractivity contribution in [2.24, 2.45) is 0 Å². The molecule has 0 spiro atoms. The Hall–Kier alpha value is -0.440. The first-order valence-corrected chi connectivity index (χ1v) is 7.32. The molecule has 0 radical (unpaired) electrons. The van der Waals surface area contributed by atoms with Crippen molar-refractivity contribution in [3.8, 4) is 0 Å². The standard InChI is InChI=1S/C10H11Br2NO4S/c1-17-5(2-8(14)15)4-13-10(16)6-3-7(11)18-9(6)12/h3,5H,2,4H2,1H3,(H,13,16)(H,14,15). The maximum Gasteiger partial charge on any atom is 0.306 e. The van der Waals surface area contributed by atoms with E-state index in [1.807, 2.05) is 0 Å². The van der Waals surface area contributed by atoms with Crippen LogP contribution in [0.3, 0.4) is 0 Å². The van der Waals surface area contributed by atoms with E-state index in [4.69, 9.17) is 9.84 Å². The SMILES string of the molecule is COC(CNC(=O)c1cc(Br)sc1Br)CC(=O)O. The Morgan fingerprint density at radius 1 is 1.56 bits per heavy atom. The van der Waals surface area contributed by atoms with E-state index in [0.29, 0.717) is 5.56 Å². The van der Waals surface area contributed by atoms with Crippen molar-refractivity contribution in [3.63, 3.8) is 0 Å². The summed E-state index contributed by atoms with van der Waals surface area (Å²) in [5.74, 6) is -1.23. The average molecular weight is 401 g/mol. The Labute approximate surface area is 125 Å². The van der Waals surface area contributed by atoms with Gasteiger partial charge in [-0.1, -0.05) is 0 Å². The van der Waals surface area contributed by atoms with E-state index in [1.165, 1.54) is 18.4 Å². The van der Waals surface area contributed by atoms with Crippen molar-refractivity contribution in [1.82, 2.24) is 5.32 Å². The number of carboxylic acid groups (broad SMARTS) is 1. The Kier molecular flexibility index (Phi) is 6.27. The van der Waals surface area contributed by atoms with Gasteiger partial charge in [0, 0.05) is 13.7 Å². The number of hydrogen-bond donors (Lipinski definition) is 2. The van der Waals surface area contributed by atoms with E-state index in [-0.39, 0.29) is 18.9 Å². The normalized spacial score (nSPS) is 12.2. The number of aliphatic carboxylic acids is 1. The number of halogens is 2. The van der Waals surface area contributed by atoms with Gasteiger partial charge in [0.15, 0.2) is 0 Å². The molecule has 100 valence electrons. The monoisotopic (exact) mass is 399 g/mol. The van der Waals surface area contributed by atoms with Crippen molar-refractivity contribution in [3.05, 3.63) is 19.2 Å². The maximum absolute atomic E-state index is 11.8. The third kappa shape index (κ3) is 4.68. The number of carbonyl (C=O) groups is 2. The molecule has 1 rings (SSSR count). The number of carboxylic acids is 1. The maximum atomic E-state index is 11.8. The zero-order chi connectivity index (χ0) is 13.7. The van der Waals surface area contributed by atoms with Crippen LogP contribution in [0.2, 0.25) is 0 Å². The Bertz CT molecular complexity index is 449. The third-order valence-electron chi connectivity index (χ3n) is 2.13. The van der Waals surface area contributed by atoms with Gasteiger partial charge >= 0.3 is 5.97 Å². The average Bonchev–Trinajstić information content (AvgIpc) is 2.62. The number of ether oxygens (including phenoxy) is 1. The van der Waals surface area contributed by atoms with Crippen molar-refractivity contribution in [1.29, 1.82) is 0 Å². The van der Waals surface area contributed by atoms with Crippen molar-refractivity contribution >= 4 is 55.1 Å². The van der Waals surface area contributed by atoms with Crippen LogP contribution >= 0.6 is 43.2 Å². The number of rotatable bonds is 6. The van der Waals surface area contributed by atoms with Crippen molar-refractivity contribution < 1.29 is 19.4 Å². The molecule has 1 unspecified atom stereocenters. The summed E-state index contributed by atoms with van der Waals surface area (Å²) in [4.78, 5) is 22.4. The molecule has 1 atom stereocenters. The Morgan fingerprint density at radius 3 is 2.67 bits per heavy atom. The lowest BCUT2D eigenvalue weighted by Crippen LogP contribution is -2.34. The van der Waals surface area contributed by atoms with Gasteiger partial charge in [-0.15, -0.1) is 11.3 Å². The number of thiophene rings is 1. The lowest BCUT2D eigenvalue weighted by molar-refractivity contribution is -0.139. The minimum absolute atomic E-state index is 0.148. The molecule has 0 saturated carbocycles. The second-order valence-electron chi connectivity index (χ2n) is 3.40. The van der Waals surface area contributed by atoms with Crippen molar-refractivity contribution in [2.75, 3.05) is 13.7 Å². The molecule has 1 aromatic heterocycles. The smallest absolute Gasteiger partial charge is 0.306 e. The van der Waals surface area contributed by atoms with Gasteiger partial charge in [-0.2, -0.15) is 0 Å². The van der Waals surface area contributed by atoms with Crippen LogP contribution in [0.25, 0.3) is 0 Å². The van der Waals surface area contributed by atoms with Gasteiger partial charge in [0.1, 0.15) is 0 Å². The Morgan fingerprint density at radius 2 is 2.22 bits per heavy atom. The summed E-state index contributed by atoms with van der Waals surface area (Å²) in [6, 6.07) is 1.70. The summed E-state index contributed by atoms with van der Waals surface area (Å²) in [6.45, 7) is 0.154. The van der Waals surface area contributed by atoms with E-state index >= 15 is 0 Å². The van der Waals surface area contributed by atoms with Crippen LogP contribution in [0.5, 0.6) is 0 Å². The van der Waals surface area contributed by atoms with Gasteiger partial charge in [0.25, 0.3) is 5.91 Å². The van der Waals surface area contributed by atoms with E-state index < -0.39 is 12.1 Å². The summed E-state index contributed by atoms with van der Waals surface area (Å²) in [7, 11) is 1.41. The molecule has 2 N–H and O–H groups in total. The minimum Gasteiger partial charge on any atom is -0.481 e. The van der Waals surface area contributed by atoms with Crippen LogP contribution in [0.1, 0.15) is 16.8 Å². The predicted octanol–water partition coefficient (Wildman–Crippen LogP) is 2.49. The summed E-state index contributed by atoms with van der Waals surface area (Å²) in [5, 5.41) is 11.3. The molecule has 0 aliphatic carbocycles. The molecule has 8 heteroatoms. The van der Waals surface area contributed by atoms with Crippen LogP contribution < -0.4 is 5.32 Å². The van der Waals surface area contributed by atoms with E-state index in [0.717, 1.165) is 7.57 Å². The first kappa shape index (κ1) is 15.6. The molecule has 0 aliphatic heterocycles. The highest BCUT2D eigenvalue weighted by molar-refractivity contribution is 9.12. The molecule has 0 aromatic carbocycles. The molecule has 0 fully saturated rings. The van der Waals surface area contributed by atoms with Gasteiger partial charge in [0.05, 0.1) is 25.7 Å². The zero-order valence-electron chi connectivity index (χ0n) is 9.41. The van der Waals surface area contributed by atoms with E-state index in [1.54, 1.807) is 6.07 Å². The van der Waals surface area contributed by atoms with E-state index in [2.05, 4.69) is 37.2 Å². The summed E-state index contributed by atoms with van der Waals surface area (Å²) < 4.78 is 6.53. The van der Waals surface area contributed by atoms with Gasteiger partial charge in [0.2, 0.25) is 0 Å². The van der Waals surface area contributed by atoms with Crippen LogP contribution in [0.4, 0.5) is 0 Å². The highest BCUT2D eigenvalue weighted by Gasteiger charge is 2.17. The molecule has 0 bridgehead atoms. The number of amides is 1. The summed E-state index contributed by atoms with van der Waals surface area (Å²) in [6.07, 6.45) is -0.682. The number of hydrogen-bond acceptors (Lipinski definition) is 4. The van der Waals surface area contributed by atoms with Gasteiger partial charge in [-0.3, -0.25) is 9.59 Å². The fourth-order valence-corrected chi connectivity index (χ4v) is 4.02. The number of methoxy groups -OCH3 is 1. The number of carbonyl (C=O) groups excluding carboxylic acids is 1. The zero-order valence-corrected chi connectivity index (χ0v) is 13.4. The second-order valence-corrected chi connectivity index (χ2v) is 7.15. The molecule has 1 aromatic rings. The van der Waals surface area contributed by atoms with Gasteiger partial charge in [-0.25, -0.2) is 0 Å². The fraction of sp³-hybridized carbons (Fsp3) is 0.400. The lowest BCUT2D eigenvalue weighted by Gasteiger charge is -2.13. The second kappa shape index (κ2) is 7.22. The summed E-state index contributed by atoms with van der Waals surface area (Å²) in [5.41, 5.74) is 0.511. The van der Waals surface area contributed by atoms with Crippen LogP contribution in [-0.2, 0) is 9.53 Å². The van der Waals surface area contributed by atoms with Crippen molar-refractivity contribution in [2.45, 2.75) is 12.5 Å². The van der Waals surface area contributed by atoms with Crippen LogP contribution in [0, 0.1) is 0 Å².